The van der Waals surface area contributed by atoms with Crippen LogP contribution < -0.4 is 10.1 Å². The van der Waals surface area contributed by atoms with Gasteiger partial charge in [0.1, 0.15) is 11.6 Å². The Hall–Kier alpha value is -1.58. The van der Waals surface area contributed by atoms with Crippen LogP contribution in [0.25, 0.3) is 0 Å². The van der Waals surface area contributed by atoms with E-state index in [1.807, 2.05) is 0 Å². The van der Waals surface area contributed by atoms with Crippen molar-refractivity contribution in [2.75, 3.05) is 11.9 Å². The smallest absolute Gasteiger partial charge is 0.227 e. The van der Waals surface area contributed by atoms with E-state index in [0.29, 0.717) is 18.0 Å². The highest BCUT2D eigenvalue weighted by atomic mass is 19.1. The maximum atomic E-state index is 13.0. The summed E-state index contributed by atoms with van der Waals surface area (Å²) in [5.41, 5.74) is 0.502. The Kier molecular flexibility index (Phi) is 4.28. The SMILES string of the molecule is CCOc1cc(F)ccc1NC(=O)C(C)C. The monoisotopic (exact) mass is 225 g/mol. The van der Waals surface area contributed by atoms with Gasteiger partial charge in [0, 0.05) is 12.0 Å². The van der Waals surface area contributed by atoms with Gasteiger partial charge in [-0.3, -0.25) is 4.79 Å². The van der Waals surface area contributed by atoms with E-state index in [0.717, 1.165) is 0 Å². The molecular formula is C12H16FNO2. The highest BCUT2D eigenvalue weighted by Crippen LogP contribution is 2.25. The molecule has 0 aromatic heterocycles. The van der Waals surface area contributed by atoms with Crippen molar-refractivity contribution in [3.8, 4) is 5.75 Å². The molecular weight excluding hydrogens is 209 g/mol. The molecule has 0 aliphatic rings. The molecule has 3 nitrogen and oxygen atoms in total. The quantitative estimate of drug-likeness (QED) is 0.855. The maximum absolute atomic E-state index is 13.0. The molecule has 0 radical (unpaired) electrons. The summed E-state index contributed by atoms with van der Waals surface area (Å²) in [4.78, 5) is 11.5. The highest BCUT2D eigenvalue weighted by Gasteiger charge is 2.11. The van der Waals surface area contributed by atoms with Gasteiger partial charge in [0.25, 0.3) is 0 Å². The summed E-state index contributed by atoms with van der Waals surface area (Å²) in [5.74, 6) is -0.269. The first-order chi connectivity index (χ1) is 7.54. The Labute approximate surface area is 94.6 Å². The van der Waals surface area contributed by atoms with E-state index < -0.39 is 0 Å². The molecule has 1 aromatic carbocycles. The van der Waals surface area contributed by atoms with Gasteiger partial charge >= 0.3 is 0 Å². The predicted molar refractivity (Wildman–Crippen MR) is 61.0 cm³/mol. The third-order valence-corrected chi connectivity index (χ3v) is 2.03. The largest absolute Gasteiger partial charge is 0.492 e. The van der Waals surface area contributed by atoms with Crippen molar-refractivity contribution in [2.45, 2.75) is 20.8 Å². The van der Waals surface area contributed by atoms with Gasteiger partial charge in [-0.15, -0.1) is 0 Å². The first-order valence-electron chi connectivity index (χ1n) is 5.27. The number of halogens is 1. The van der Waals surface area contributed by atoms with Crippen LogP contribution in [0.3, 0.4) is 0 Å². The lowest BCUT2D eigenvalue weighted by Gasteiger charge is -2.12. The number of amides is 1. The Morgan fingerprint density at radius 2 is 2.19 bits per heavy atom. The number of carbonyl (C=O) groups is 1. The summed E-state index contributed by atoms with van der Waals surface area (Å²) in [7, 11) is 0. The van der Waals surface area contributed by atoms with E-state index in [9.17, 15) is 9.18 Å². The minimum Gasteiger partial charge on any atom is -0.492 e. The number of ether oxygens (including phenoxy) is 1. The van der Waals surface area contributed by atoms with Crippen LogP contribution >= 0.6 is 0 Å². The molecule has 4 heteroatoms. The Bertz CT molecular complexity index is 377. The topological polar surface area (TPSA) is 38.3 Å². The zero-order chi connectivity index (χ0) is 12.1. The second-order valence-electron chi connectivity index (χ2n) is 3.72. The number of anilines is 1. The normalized spacial score (nSPS) is 10.3. The third kappa shape index (κ3) is 3.22. The molecule has 0 aliphatic heterocycles. The van der Waals surface area contributed by atoms with Crippen LogP contribution in [0.15, 0.2) is 18.2 Å². The summed E-state index contributed by atoms with van der Waals surface area (Å²) in [5, 5.41) is 2.69. The summed E-state index contributed by atoms with van der Waals surface area (Å²) in [6.45, 7) is 5.81. The number of hydrogen-bond acceptors (Lipinski definition) is 2. The molecule has 0 heterocycles. The number of carbonyl (C=O) groups excluding carboxylic acids is 1. The Morgan fingerprint density at radius 1 is 1.50 bits per heavy atom. The van der Waals surface area contributed by atoms with Crippen molar-refractivity contribution in [2.24, 2.45) is 5.92 Å². The van der Waals surface area contributed by atoms with Crippen molar-refractivity contribution >= 4 is 11.6 Å². The number of hydrogen-bond donors (Lipinski definition) is 1. The van der Waals surface area contributed by atoms with Gasteiger partial charge in [0.05, 0.1) is 12.3 Å². The fourth-order valence-corrected chi connectivity index (χ4v) is 1.15. The second-order valence-corrected chi connectivity index (χ2v) is 3.72. The molecule has 88 valence electrons. The van der Waals surface area contributed by atoms with Gasteiger partial charge in [-0.05, 0) is 19.1 Å². The highest BCUT2D eigenvalue weighted by molar-refractivity contribution is 5.93. The van der Waals surface area contributed by atoms with Gasteiger partial charge in [-0.1, -0.05) is 13.8 Å². The van der Waals surface area contributed by atoms with Crippen molar-refractivity contribution in [1.82, 2.24) is 0 Å². The molecule has 1 N–H and O–H groups in total. The molecule has 0 fully saturated rings. The molecule has 0 bridgehead atoms. The summed E-state index contributed by atoms with van der Waals surface area (Å²) >= 11 is 0. The lowest BCUT2D eigenvalue weighted by molar-refractivity contribution is -0.118. The molecule has 0 saturated heterocycles. The van der Waals surface area contributed by atoms with E-state index in [1.165, 1.54) is 18.2 Å². The predicted octanol–water partition coefficient (Wildman–Crippen LogP) is 2.82. The van der Waals surface area contributed by atoms with Crippen LogP contribution in [0.2, 0.25) is 0 Å². The van der Waals surface area contributed by atoms with E-state index in [-0.39, 0.29) is 17.6 Å². The van der Waals surface area contributed by atoms with Gasteiger partial charge in [0.15, 0.2) is 0 Å². The Morgan fingerprint density at radius 3 is 2.75 bits per heavy atom. The fourth-order valence-electron chi connectivity index (χ4n) is 1.15. The van der Waals surface area contributed by atoms with Crippen molar-refractivity contribution in [3.63, 3.8) is 0 Å². The standard InChI is InChI=1S/C12H16FNO2/c1-4-16-11-7-9(13)5-6-10(11)14-12(15)8(2)3/h5-8H,4H2,1-3H3,(H,14,15). The molecule has 1 rings (SSSR count). The lowest BCUT2D eigenvalue weighted by atomic mass is 10.2. The zero-order valence-electron chi connectivity index (χ0n) is 9.71. The van der Waals surface area contributed by atoms with Gasteiger partial charge in [-0.2, -0.15) is 0 Å². The van der Waals surface area contributed by atoms with E-state index in [2.05, 4.69) is 5.32 Å². The van der Waals surface area contributed by atoms with Gasteiger partial charge in [-0.25, -0.2) is 4.39 Å². The Balaban J connectivity index is 2.90. The van der Waals surface area contributed by atoms with Crippen LogP contribution in [0.4, 0.5) is 10.1 Å². The average Bonchev–Trinajstić information content (AvgIpc) is 2.22. The van der Waals surface area contributed by atoms with E-state index >= 15 is 0 Å². The maximum Gasteiger partial charge on any atom is 0.227 e. The van der Waals surface area contributed by atoms with Gasteiger partial charge < -0.3 is 10.1 Å². The summed E-state index contributed by atoms with van der Waals surface area (Å²) in [6.07, 6.45) is 0. The third-order valence-electron chi connectivity index (χ3n) is 2.03. The van der Waals surface area contributed by atoms with Crippen LogP contribution in [0, 0.1) is 11.7 Å². The minimum absolute atomic E-state index is 0.118. The molecule has 0 spiro atoms. The van der Waals surface area contributed by atoms with E-state index in [4.69, 9.17) is 4.74 Å². The first kappa shape index (κ1) is 12.5. The van der Waals surface area contributed by atoms with Crippen LogP contribution in [-0.4, -0.2) is 12.5 Å². The van der Waals surface area contributed by atoms with Crippen molar-refractivity contribution in [1.29, 1.82) is 0 Å². The van der Waals surface area contributed by atoms with Crippen LogP contribution in [0.5, 0.6) is 5.75 Å². The molecule has 0 atom stereocenters. The van der Waals surface area contributed by atoms with Gasteiger partial charge in [0.2, 0.25) is 5.91 Å². The zero-order valence-corrected chi connectivity index (χ0v) is 9.71. The second kappa shape index (κ2) is 5.49. The first-order valence-corrected chi connectivity index (χ1v) is 5.27. The minimum atomic E-state index is -0.383. The summed E-state index contributed by atoms with van der Waals surface area (Å²) < 4.78 is 18.2. The fraction of sp³-hybridized carbons (Fsp3) is 0.417. The number of rotatable bonds is 4. The molecule has 1 amide bonds. The molecule has 1 aromatic rings. The van der Waals surface area contributed by atoms with Crippen LogP contribution in [-0.2, 0) is 4.79 Å². The lowest BCUT2D eigenvalue weighted by Crippen LogP contribution is -2.18. The van der Waals surface area contributed by atoms with Crippen LogP contribution in [0.1, 0.15) is 20.8 Å². The number of nitrogens with one attached hydrogen (secondary N) is 1. The number of benzene rings is 1. The molecule has 0 saturated carbocycles. The van der Waals surface area contributed by atoms with Crippen molar-refractivity contribution in [3.05, 3.63) is 24.0 Å². The molecule has 0 unspecified atom stereocenters. The average molecular weight is 225 g/mol. The summed E-state index contributed by atoms with van der Waals surface area (Å²) in [6, 6.07) is 4.05. The molecule has 0 aliphatic carbocycles. The van der Waals surface area contributed by atoms with Crippen molar-refractivity contribution < 1.29 is 13.9 Å². The van der Waals surface area contributed by atoms with E-state index in [1.54, 1.807) is 20.8 Å². The molecule has 16 heavy (non-hydrogen) atoms.